The molecule has 0 bridgehead atoms. The van der Waals surface area contributed by atoms with Gasteiger partial charge in [0.05, 0.1) is 10.6 Å². The second-order valence-corrected chi connectivity index (χ2v) is 9.17. The van der Waals surface area contributed by atoms with Gasteiger partial charge in [-0.05, 0) is 57.4 Å². The smallest absolute Gasteiger partial charge is 0.264 e. The van der Waals surface area contributed by atoms with Crippen LogP contribution in [-0.4, -0.2) is 66.2 Å². The Hall–Kier alpha value is -2.85. The summed E-state index contributed by atoms with van der Waals surface area (Å²) in [6.45, 7) is 1.38. The van der Waals surface area contributed by atoms with E-state index in [4.69, 9.17) is 9.47 Å². The lowest BCUT2D eigenvalue weighted by atomic mass is 10.3. The molecular weight excluding hydrogens is 425 g/mol. The van der Waals surface area contributed by atoms with Crippen LogP contribution in [0.4, 0.5) is 10.1 Å². The largest absolute Gasteiger partial charge is 0.486 e. The molecule has 168 valence electrons. The Morgan fingerprint density at radius 1 is 1.10 bits per heavy atom. The van der Waals surface area contributed by atoms with Gasteiger partial charge in [-0.15, -0.1) is 0 Å². The summed E-state index contributed by atoms with van der Waals surface area (Å²) in [6.07, 6.45) is 0.716. The predicted molar refractivity (Wildman–Crippen MR) is 115 cm³/mol. The zero-order chi connectivity index (χ0) is 22.4. The van der Waals surface area contributed by atoms with Crippen molar-refractivity contribution in [3.8, 4) is 11.5 Å². The number of sulfonamides is 1. The molecular formula is C21H26FN3O5S. The van der Waals surface area contributed by atoms with Crippen molar-refractivity contribution in [2.24, 2.45) is 0 Å². The minimum atomic E-state index is -4.18. The van der Waals surface area contributed by atoms with Gasteiger partial charge in [-0.1, -0.05) is 6.07 Å². The number of carbonyl (C=O) groups is 1. The molecule has 2 aromatic carbocycles. The van der Waals surface area contributed by atoms with Gasteiger partial charge in [0.15, 0.2) is 11.5 Å². The molecule has 0 saturated heterocycles. The highest BCUT2D eigenvalue weighted by molar-refractivity contribution is 7.92. The second-order valence-electron chi connectivity index (χ2n) is 7.30. The van der Waals surface area contributed by atoms with Gasteiger partial charge in [0.25, 0.3) is 10.0 Å². The molecule has 0 aromatic heterocycles. The number of fused-ring (bicyclic) bond motifs is 1. The molecule has 1 N–H and O–H groups in total. The molecule has 0 atom stereocenters. The fourth-order valence-electron chi connectivity index (χ4n) is 3.07. The number of rotatable bonds is 9. The average molecular weight is 452 g/mol. The van der Waals surface area contributed by atoms with Crippen LogP contribution in [0.3, 0.4) is 0 Å². The van der Waals surface area contributed by atoms with E-state index in [0.717, 1.165) is 16.9 Å². The molecule has 10 heteroatoms. The predicted octanol–water partition coefficient (Wildman–Crippen LogP) is 1.86. The van der Waals surface area contributed by atoms with Gasteiger partial charge in [-0.2, -0.15) is 0 Å². The highest BCUT2D eigenvalue weighted by Gasteiger charge is 2.29. The number of ether oxygens (including phenoxy) is 2. The van der Waals surface area contributed by atoms with Gasteiger partial charge < -0.3 is 19.7 Å². The highest BCUT2D eigenvalue weighted by atomic mass is 32.2. The molecule has 0 fully saturated rings. The number of anilines is 1. The number of nitrogens with zero attached hydrogens (tertiary/aromatic N) is 2. The number of carbonyl (C=O) groups excluding carboxylic acids is 1. The number of hydrogen-bond acceptors (Lipinski definition) is 6. The number of hydrogen-bond donors (Lipinski definition) is 1. The first-order valence-corrected chi connectivity index (χ1v) is 11.3. The monoisotopic (exact) mass is 451 g/mol. The van der Waals surface area contributed by atoms with Gasteiger partial charge >= 0.3 is 0 Å². The van der Waals surface area contributed by atoms with Crippen molar-refractivity contribution in [3.63, 3.8) is 0 Å². The van der Waals surface area contributed by atoms with Crippen molar-refractivity contribution in [1.29, 1.82) is 0 Å². The third-order valence-corrected chi connectivity index (χ3v) is 6.36. The van der Waals surface area contributed by atoms with Crippen LogP contribution >= 0.6 is 0 Å². The quantitative estimate of drug-likeness (QED) is 0.586. The Labute approximate surface area is 181 Å². The second kappa shape index (κ2) is 9.97. The first kappa shape index (κ1) is 22.8. The molecule has 1 aliphatic heterocycles. The van der Waals surface area contributed by atoms with E-state index < -0.39 is 28.3 Å². The molecule has 8 nitrogen and oxygen atoms in total. The molecule has 1 heterocycles. The van der Waals surface area contributed by atoms with Crippen LogP contribution in [0.5, 0.6) is 11.5 Å². The van der Waals surface area contributed by atoms with Crippen molar-refractivity contribution in [2.75, 3.05) is 51.2 Å². The summed E-state index contributed by atoms with van der Waals surface area (Å²) in [7, 11) is -0.333. The maximum Gasteiger partial charge on any atom is 0.264 e. The first-order chi connectivity index (χ1) is 14.8. The fourth-order valence-corrected chi connectivity index (χ4v) is 4.50. The third kappa shape index (κ3) is 5.86. The Bertz CT molecular complexity index is 1030. The maximum atomic E-state index is 13.8. The van der Waals surface area contributed by atoms with Crippen molar-refractivity contribution < 1.29 is 27.1 Å². The minimum Gasteiger partial charge on any atom is -0.486 e. The number of nitrogens with one attached hydrogen (secondary N) is 1. The lowest BCUT2D eigenvalue weighted by Crippen LogP contribution is -2.41. The van der Waals surface area contributed by atoms with Crippen LogP contribution in [-0.2, 0) is 14.8 Å². The van der Waals surface area contributed by atoms with Crippen LogP contribution in [0.1, 0.15) is 6.42 Å². The Kier molecular flexibility index (Phi) is 7.34. The van der Waals surface area contributed by atoms with Crippen LogP contribution in [0.2, 0.25) is 0 Å². The molecule has 2 aromatic rings. The SMILES string of the molecule is CN(C)CCCNC(=O)CN(c1cccc(F)c1)S(=O)(=O)c1ccc2c(c1)OCCO2. The van der Waals surface area contributed by atoms with Crippen molar-refractivity contribution in [1.82, 2.24) is 10.2 Å². The topological polar surface area (TPSA) is 88.2 Å². The van der Waals surface area contributed by atoms with Gasteiger partial charge in [-0.25, -0.2) is 12.8 Å². The molecule has 3 rings (SSSR count). The molecule has 0 radical (unpaired) electrons. The lowest BCUT2D eigenvalue weighted by Gasteiger charge is -2.25. The van der Waals surface area contributed by atoms with Gasteiger partial charge in [-0.3, -0.25) is 9.10 Å². The third-order valence-electron chi connectivity index (χ3n) is 4.59. The molecule has 1 aliphatic rings. The van der Waals surface area contributed by atoms with Crippen molar-refractivity contribution >= 4 is 21.6 Å². The number of amides is 1. The normalized spacial score (nSPS) is 13.2. The van der Waals surface area contributed by atoms with Crippen LogP contribution < -0.4 is 19.1 Å². The summed E-state index contributed by atoms with van der Waals surface area (Å²) in [4.78, 5) is 14.4. The maximum absolute atomic E-state index is 13.8. The summed E-state index contributed by atoms with van der Waals surface area (Å²) in [5, 5.41) is 2.72. The lowest BCUT2D eigenvalue weighted by molar-refractivity contribution is -0.119. The molecule has 31 heavy (non-hydrogen) atoms. The number of benzene rings is 2. The van der Waals surface area contributed by atoms with Crippen LogP contribution in [0.25, 0.3) is 0 Å². The van der Waals surface area contributed by atoms with E-state index >= 15 is 0 Å². The summed E-state index contributed by atoms with van der Waals surface area (Å²) in [6, 6.07) is 9.36. The zero-order valence-corrected chi connectivity index (χ0v) is 18.3. The van der Waals surface area contributed by atoms with E-state index in [9.17, 15) is 17.6 Å². The van der Waals surface area contributed by atoms with E-state index in [1.807, 2.05) is 19.0 Å². The minimum absolute atomic E-state index is 0.0540. The zero-order valence-electron chi connectivity index (χ0n) is 17.5. The van der Waals surface area contributed by atoms with E-state index in [1.54, 1.807) is 0 Å². The Balaban J connectivity index is 1.86. The molecule has 0 saturated carbocycles. The van der Waals surface area contributed by atoms with Gasteiger partial charge in [0.2, 0.25) is 5.91 Å². The summed E-state index contributed by atoms with van der Waals surface area (Å²) in [5.74, 6) is -0.337. The Morgan fingerprint density at radius 2 is 1.84 bits per heavy atom. The highest BCUT2D eigenvalue weighted by Crippen LogP contribution is 2.34. The Morgan fingerprint density at radius 3 is 2.55 bits per heavy atom. The fraction of sp³-hybridized carbons (Fsp3) is 0.381. The van der Waals surface area contributed by atoms with E-state index in [-0.39, 0.29) is 10.6 Å². The molecule has 1 amide bonds. The molecule has 0 unspecified atom stereocenters. The summed E-state index contributed by atoms with van der Waals surface area (Å²) in [5.41, 5.74) is 0.0540. The average Bonchev–Trinajstić information content (AvgIpc) is 2.74. The van der Waals surface area contributed by atoms with Gasteiger partial charge in [0, 0.05) is 12.6 Å². The molecule has 0 aliphatic carbocycles. The van der Waals surface area contributed by atoms with E-state index in [0.29, 0.717) is 37.7 Å². The first-order valence-electron chi connectivity index (χ1n) is 9.87. The van der Waals surface area contributed by atoms with E-state index in [1.165, 1.54) is 36.4 Å². The summed E-state index contributed by atoms with van der Waals surface area (Å²) >= 11 is 0. The summed E-state index contributed by atoms with van der Waals surface area (Å²) < 4.78 is 52.5. The van der Waals surface area contributed by atoms with Crippen molar-refractivity contribution in [2.45, 2.75) is 11.3 Å². The van der Waals surface area contributed by atoms with Gasteiger partial charge in [0.1, 0.15) is 25.6 Å². The standard InChI is InChI=1S/C21H26FN3O5S/c1-24(2)10-4-9-23-21(26)15-25(17-6-3-5-16(22)13-17)31(27,28)18-7-8-19-20(14-18)30-12-11-29-19/h3,5-8,13-14H,4,9-12,15H2,1-2H3,(H,23,26). The van der Waals surface area contributed by atoms with Crippen molar-refractivity contribution in [3.05, 3.63) is 48.3 Å². The number of halogens is 1. The van der Waals surface area contributed by atoms with Crippen LogP contribution in [0.15, 0.2) is 47.4 Å². The van der Waals surface area contributed by atoms with Crippen LogP contribution in [0, 0.1) is 5.82 Å². The molecule has 0 spiro atoms. The van der Waals surface area contributed by atoms with E-state index in [2.05, 4.69) is 5.32 Å².